The van der Waals surface area contributed by atoms with Gasteiger partial charge >= 0.3 is 5.69 Å². The van der Waals surface area contributed by atoms with Crippen molar-refractivity contribution in [1.82, 2.24) is 9.66 Å². The standard InChI is InChI=1S/C37H38N4O6/c1-7-45-33-17-25(6)30(20-29(33)23(3)4)36-39-31-15-10-9-14-28(31)37(42)40(36)38-21-27-18-32(41(43)44)35(34(19-27)46-8-2)47-22-26-13-11-12-24(5)16-26/h9-21,23H,7-8,22H2,1-6H3. The number of nitro benzene ring substituents is 1. The number of aromatic nitrogens is 2. The fraction of sp³-hybridized carbons (Fsp3) is 0.270. The molecule has 0 radical (unpaired) electrons. The summed E-state index contributed by atoms with van der Waals surface area (Å²) < 4.78 is 18.9. The van der Waals surface area contributed by atoms with E-state index in [-0.39, 0.29) is 41.9 Å². The molecule has 0 saturated carbocycles. The molecule has 5 rings (SSSR count). The molecule has 4 aromatic carbocycles. The molecule has 0 atom stereocenters. The van der Waals surface area contributed by atoms with Crippen LogP contribution in [0.2, 0.25) is 0 Å². The normalized spacial score (nSPS) is 11.4. The SMILES string of the molecule is CCOc1cc(C)c(-c2nc3ccccc3c(=O)n2N=Cc2cc(OCC)c(OCc3cccc(C)c3)c([N+](=O)[O-])c2)cc1C(C)C. The average Bonchev–Trinajstić information content (AvgIpc) is 3.04. The van der Waals surface area contributed by atoms with Crippen LogP contribution in [0.25, 0.3) is 22.3 Å². The minimum Gasteiger partial charge on any atom is -0.494 e. The molecule has 47 heavy (non-hydrogen) atoms. The van der Waals surface area contributed by atoms with E-state index in [4.69, 9.17) is 19.2 Å². The second kappa shape index (κ2) is 14.3. The smallest absolute Gasteiger partial charge is 0.315 e. The van der Waals surface area contributed by atoms with Crippen molar-refractivity contribution in [2.24, 2.45) is 5.10 Å². The van der Waals surface area contributed by atoms with Crippen molar-refractivity contribution < 1.29 is 19.1 Å². The van der Waals surface area contributed by atoms with Gasteiger partial charge in [-0.15, -0.1) is 0 Å². The summed E-state index contributed by atoms with van der Waals surface area (Å²) in [5, 5.41) is 17.2. The number of rotatable bonds is 12. The van der Waals surface area contributed by atoms with Gasteiger partial charge in [0.2, 0.25) is 5.75 Å². The van der Waals surface area contributed by atoms with Crippen LogP contribution in [0.1, 0.15) is 61.4 Å². The highest BCUT2D eigenvalue weighted by Gasteiger charge is 2.23. The topological polar surface area (TPSA) is 118 Å². The molecule has 5 aromatic rings. The van der Waals surface area contributed by atoms with Gasteiger partial charge in [0.05, 0.1) is 35.3 Å². The third-order valence-electron chi connectivity index (χ3n) is 7.62. The lowest BCUT2D eigenvalue weighted by atomic mass is 9.96. The van der Waals surface area contributed by atoms with E-state index in [0.29, 0.717) is 28.9 Å². The minimum atomic E-state index is -0.517. The highest BCUT2D eigenvalue weighted by atomic mass is 16.6. The highest BCUT2D eigenvalue weighted by molar-refractivity contribution is 5.84. The van der Waals surface area contributed by atoms with E-state index in [2.05, 4.69) is 18.9 Å². The van der Waals surface area contributed by atoms with Gasteiger partial charge in [-0.3, -0.25) is 14.9 Å². The molecule has 0 aliphatic heterocycles. The molecule has 0 spiro atoms. The van der Waals surface area contributed by atoms with Gasteiger partial charge in [0.25, 0.3) is 5.56 Å². The fourth-order valence-corrected chi connectivity index (χ4v) is 5.38. The maximum Gasteiger partial charge on any atom is 0.315 e. The van der Waals surface area contributed by atoms with Crippen molar-refractivity contribution in [3.8, 4) is 28.6 Å². The van der Waals surface area contributed by atoms with Crippen molar-refractivity contribution in [2.45, 2.75) is 54.1 Å². The summed E-state index contributed by atoms with van der Waals surface area (Å²) in [7, 11) is 0. The summed E-state index contributed by atoms with van der Waals surface area (Å²) >= 11 is 0. The third-order valence-corrected chi connectivity index (χ3v) is 7.62. The van der Waals surface area contributed by atoms with Gasteiger partial charge < -0.3 is 14.2 Å². The summed E-state index contributed by atoms with van der Waals surface area (Å²) in [5.41, 5.74) is 4.69. The zero-order chi connectivity index (χ0) is 33.7. The van der Waals surface area contributed by atoms with Gasteiger partial charge in [0, 0.05) is 17.2 Å². The van der Waals surface area contributed by atoms with E-state index in [1.54, 1.807) is 31.2 Å². The van der Waals surface area contributed by atoms with Gasteiger partial charge in [0.15, 0.2) is 11.6 Å². The largest absolute Gasteiger partial charge is 0.494 e. The zero-order valence-electron chi connectivity index (χ0n) is 27.4. The minimum absolute atomic E-state index is 0.0203. The van der Waals surface area contributed by atoms with Crippen LogP contribution in [0.5, 0.6) is 17.2 Å². The number of benzene rings is 4. The Kier molecular flexibility index (Phi) is 9.99. The van der Waals surface area contributed by atoms with E-state index in [1.807, 2.05) is 63.2 Å². The van der Waals surface area contributed by atoms with Crippen molar-refractivity contribution in [3.05, 3.63) is 121 Å². The van der Waals surface area contributed by atoms with E-state index >= 15 is 0 Å². The number of fused-ring (bicyclic) bond motifs is 1. The van der Waals surface area contributed by atoms with Crippen LogP contribution in [0.3, 0.4) is 0 Å². The summed E-state index contributed by atoms with van der Waals surface area (Å²) in [4.78, 5) is 30.5. The van der Waals surface area contributed by atoms with Gasteiger partial charge in [-0.1, -0.05) is 55.8 Å². The maximum atomic E-state index is 13.9. The third kappa shape index (κ3) is 7.17. The number of nitro groups is 1. The quantitative estimate of drug-likeness (QED) is 0.0776. The van der Waals surface area contributed by atoms with Gasteiger partial charge in [-0.2, -0.15) is 9.78 Å². The zero-order valence-corrected chi connectivity index (χ0v) is 27.4. The molecule has 242 valence electrons. The van der Waals surface area contributed by atoms with Crippen molar-refractivity contribution in [3.63, 3.8) is 0 Å². The maximum absolute atomic E-state index is 13.9. The lowest BCUT2D eigenvalue weighted by molar-refractivity contribution is -0.386. The molecule has 0 amide bonds. The lowest BCUT2D eigenvalue weighted by Crippen LogP contribution is -2.21. The molecule has 10 heteroatoms. The Morgan fingerprint density at radius 1 is 0.936 bits per heavy atom. The fourth-order valence-electron chi connectivity index (χ4n) is 5.38. The van der Waals surface area contributed by atoms with Gasteiger partial charge in [-0.05, 0) is 80.6 Å². The molecule has 0 fully saturated rings. The van der Waals surface area contributed by atoms with E-state index < -0.39 is 4.92 Å². The molecule has 0 bridgehead atoms. The number of ether oxygens (including phenoxy) is 3. The predicted octanol–water partition coefficient (Wildman–Crippen LogP) is 7.97. The van der Waals surface area contributed by atoms with Crippen LogP contribution in [0.15, 0.2) is 82.7 Å². The number of para-hydroxylation sites is 1. The Hall–Kier alpha value is -5.51. The van der Waals surface area contributed by atoms with Crippen molar-refractivity contribution in [1.29, 1.82) is 0 Å². The first-order chi connectivity index (χ1) is 22.6. The van der Waals surface area contributed by atoms with Crippen LogP contribution >= 0.6 is 0 Å². The first kappa shape index (κ1) is 32.9. The Balaban J connectivity index is 1.64. The molecular formula is C37H38N4O6. The Morgan fingerprint density at radius 3 is 2.38 bits per heavy atom. The molecule has 10 nitrogen and oxygen atoms in total. The summed E-state index contributed by atoms with van der Waals surface area (Å²) in [6.07, 6.45) is 1.40. The molecule has 0 unspecified atom stereocenters. The second-order valence-electron chi connectivity index (χ2n) is 11.4. The predicted molar refractivity (Wildman–Crippen MR) is 184 cm³/mol. The first-order valence-electron chi connectivity index (χ1n) is 15.6. The Labute approximate surface area is 273 Å². The second-order valence-corrected chi connectivity index (χ2v) is 11.4. The number of aryl methyl sites for hydroxylation is 2. The molecule has 0 aliphatic rings. The van der Waals surface area contributed by atoms with Gasteiger partial charge in [0.1, 0.15) is 12.4 Å². The molecular weight excluding hydrogens is 596 g/mol. The van der Waals surface area contributed by atoms with E-state index in [1.165, 1.54) is 17.0 Å². The van der Waals surface area contributed by atoms with Crippen LogP contribution in [-0.2, 0) is 6.61 Å². The summed E-state index contributed by atoms with van der Waals surface area (Å²) in [6, 6.07) is 21.7. The van der Waals surface area contributed by atoms with Crippen LogP contribution in [0.4, 0.5) is 5.69 Å². The molecule has 0 N–H and O–H groups in total. The van der Waals surface area contributed by atoms with E-state index in [0.717, 1.165) is 33.6 Å². The molecule has 0 aliphatic carbocycles. The number of nitrogens with zero attached hydrogens (tertiary/aromatic N) is 4. The van der Waals surface area contributed by atoms with Crippen molar-refractivity contribution in [2.75, 3.05) is 13.2 Å². The van der Waals surface area contributed by atoms with E-state index in [9.17, 15) is 14.9 Å². The number of hydrogen-bond donors (Lipinski definition) is 0. The Morgan fingerprint density at radius 2 is 1.68 bits per heavy atom. The Bertz CT molecular complexity index is 2030. The summed E-state index contributed by atoms with van der Waals surface area (Å²) in [5.74, 6) is 1.48. The van der Waals surface area contributed by atoms with Crippen LogP contribution in [-0.4, -0.2) is 34.0 Å². The average molecular weight is 635 g/mol. The molecule has 1 aromatic heterocycles. The van der Waals surface area contributed by atoms with Crippen LogP contribution in [0, 0.1) is 24.0 Å². The van der Waals surface area contributed by atoms with Crippen molar-refractivity contribution >= 4 is 22.8 Å². The first-order valence-corrected chi connectivity index (χ1v) is 15.6. The number of hydrogen-bond acceptors (Lipinski definition) is 8. The molecule has 0 saturated heterocycles. The highest BCUT2D eigenvalue weighted by Crippen LogP contribution is 2.39. The lowest BCUT2D eigenvalue weighted by Gasteiger charge is -2.18. The van der Waals surface area contributed by atoms with Gasteiger partial charge in [-0.25, -0.2) is 4.98 Å². The molecule has 1 heterocycles. The summed E-state index contributed by atoms with van der Waals surface area (Å²) in [6.45, 7) is 12.7. The van der Waals surface area contributed by atoms with Crippen LogP contribution < -0.4 is 19.8 Å². The monoisotopic (exact) mass is 634 g/mol.